The van der Waals surface area contributed by atoms with Crippen molar-refractivity contribution in [1.29, 1.82) is 0 Å². The molecule has 70 valence electrons. The number of hydrogen-bond acceptors (Lipinski definition) is 4. The highest BCUT2D eigenvalue weighted by Crippen LogP contribution is 2.16. The highest BCUT2D eigenvalue weighted by Gasteiger charge is 2.06. The van der Waals surface area contributed by atoms with Crippen LogP contribution in [-0.4, -0.2) is 15.8 Å². The predicted molar refractivity (Wildman–Crippen MR) is 49.7 cm³/mol. The Hall–Kier alpha value is -1.97. The Kier molecular flexibility index (Phi) is 2.10. The summed E-state index contributed by atoms with van der Waals surface area (Å²) in [5, 5.41) is 0. The van der Waals surface area contributed by atoms with Crippen molar-refractivity contribution in [3.05, 3.63) is 36.5 Å². The Morgan fingerprint density at radius 2 is 2.29 bits per heavy atom. The van der Waals surface area contributed by atoms with Crippen molar-refractivity contribution in [2.45, 2.75) is 6.92 Å². The zero-order valence-electron chi connectivity index (χ0n) is 7.60. The largest absolute Gasteiger partial charge is 0.463 e. The van der Waals surface area contributed by atoms with E-state index in [4.69, 9.17) is 4.42 Å². The molecule has 0 saturated heterocycles. The van der Waals surface area contributed by atoms with Crippen molar-refractivity contribution in [2.24, 2.45) is 0 Å². The Bertz CT molecular complexity index is 449. The number of furan rings is 1. The molecule has 2 heterocycles. The molecular formula is C10H8N2O2. The van der Waals surface area contributed by atoms with Crippen LogP contribution in [0, 0.1) is 0 Å². The molecule has 0 aromatic carbocycles. The van der Waals surface area contributed by atoms with Gasteiger partial charge in [-0.2, -0.15) is 0 Å². The molecule has 4 heteroatoms. The first kappa shape index (κ1) is 8.62. The minimum Gasteiger partial charge on any atom is -0.463 e. The van der Waals surface area contributed by atoms with E-state index in [2.05, 4.69) is 9.97 Å². The van der Waals surface area contributed by atoms with Gasteiger partial charge in [-0.25, -0.2) is 4.98 Å². The standard InChI is InChI=1S/C10H8N2O2/c1-7(13)8-5-11-6-9(12-8)10-3-2-4-14-10/h2-6H,1H3. The first-order valence-electron chi connectivity index (χ1n) is 4.14. The molecule has 0 bridgehead atoms. The molecule has 0 aliphatic rings. The number of aromatic nitrogens is 2. The SMILES string of the molecule is CC(=O)c1cncc(-c2ccco2)n1. The lowest BCUT2D eigenvalue weighted by molar-refractivity contribution is 0.101. The number of carbonyl (C=O) groups is 1. The average Bonchev–Trinajstić information content (AvgIpc) is 2.71. The van der Waals surface area contributed by atoms with Gasteiger partial charge in [-0.05, 0) is 12.1 Å². The van der Waals surface area contributed by atoms with Gasteiger partial charge in [0, 0.05) is 6.92 Å². The molecule has 0 aliphatic carbocycles. The van der Waals surface area contributed by atoms with Crippen LogP contribution in [0.2, 0.25) is 0 Å². The molecule has 4 nitrogen and oxygen atoms in total. The lowest BCUT2D eigenvalue weighted by Gasteiger charge is -1.97. The van der Waals surface area contributed by atoms with E-state index in [1.807, 2.05) is 0 Å². The molecule has 2 aromatic rings. The number of hydrogen-bond donors (Lipinski definition) is 0. The zero-order chi connectivity index (χ0) is 9.97. The van der Waals surface area contributed by atoms with Gasteiger partial charge in [0.1, 0.15) is 11.4 Å². The van der Waals surface area contributed by atoms with E-state index in [1.54, 1.807) is 24.6 Å². The second kappa shape index (κ2) is 3.41. The van der Waals surface area contributed by atoms with Gasteiger partial charge in [-0.3, -0.25) is 9.78 Å². The Morgan fingerprint density at radius 1 is 1.43 bits per heavy atom. The minimum absolute atomic E-state index is 0.106. The van der Waals surface area contributed by atoms with Crippen LogP contribution in [0.4, 0.5) is 0 Å². The van der Waals surface area contributed by atoms with E-state index in [-0.39, 0.29) is 5.78 Å². The topological polar surface area (TPSA) is 56.0 Å². The van der Waals surface area contributed by atoms with Crippen LogP contribution in [0.3, 0.4) is 0 Å². The third kappa shape index (κ3) is 1.54. The fourth-order valence-electron chi connectivity index (χ4n) is 1.08. The van der Waals surface area contributed by atoms with Crippen molar-refractivity contribution in [3.63, 3.8) is 0 Å². The lowest BCUT2D eigenvalue weighted by atomic mass is 10.3. The first-order valence-corrected chi connectivity index (χ1v) is 4.14. The summed E-state index contributed by atoms with van der Waals surface area (Å²) < 4.78 is 5.14. The molecule has 2 aromatic heterocycles. The summed E-state index contributed by atoms with van der Waals surface area (Å²) in [5.74, 6) is 0.506. The van der Waals surface area contributed by atoms with E-state index in [0.717, 1.165) is 0 Å². The maximum atomic E-state index is 11.0. The van der Waals surface area contributed by atoms with Crippen molar-refractivity contribution >= 4 is 5.78 Å². The van der Waals surface area contributed by atoms with Gasteiger partial charge in [-0.1, -0.05) is 0 Å². The molecule has 0 atom stereocenters. The summed E-state index contributed by atoms with van der Waals surface area (Å²) in [5.41, 5.74) is 0.918. The van der Waals surface area contributed by atoms with Crippen LogP contribution in [0.5, 0.6) is 0 Å². The zero-order valence-corrected chi connectivity index (χ0v) is 7.60. The minimum atomic E-state index is -0.106. The normalized spacial score (nSPS) is 10.1. The number of carbonyl (C=O) groups excluding carboxylic acids is 1. The number of ketones is 1. The molecular weight excluding hydrogens is 180 g/mol. The predicted octanol–water partition coefficient (Wildman–Crippen LogP) is 1.94. The van der Waals surface area contributed by atoms with Gasteiger partial charge in [0.2, 0.25) is 0 Å². The summed E-state index contributed by atoms with van der Waals surface area (Å²) in [6.45, 7) is 1.45. The van der Waals surface area contributed by atoms with Crippen LogP contribution >= 0.6 is 0 Å². The first-order chi connectivity index (χ1) is 6.77. The molecule has 0 fully saturated rings. The van der Waals surface area contributed by atoms with Crippen LogP contribution in [0.25, 0.3) is 11.5 Å². The quantitative estimate of drug-likeness (QED) is 0.676. The van der Waals surface area contributed by atoms with Crippen molar-refractivity contribution in [3.8, 4) is 11.5 Å². The third-order valence-electron chi connectivity index (χ3n) is 1.77. The van der Waals surface area contributed by atoms with Gasteiger partial charge < -0.3 is 4.42 Å². The molecule has 0 radical (unpaired) electrons. The molecule has 2 rings (SSSR count). The average molecular weight is 188 g/mol. The van der Waals surface area contributed by atoms with E-state index in [1.165, 1.54) is 13.1 Å². The number of rotatable bonds is 2. The highest BCUT2D eigenvalue weighted by atomic mass is 16.3. The Balaban J connectivity index is 2.46. The van der Waals surface area contributed by atoms with E-state index in [0.29, 0.717) is 17.1 Å². The third-order valence-corrected chi connectivity index (χ3v) is 1.77. The summed E-state index contributed by atoms with van der Waals surface area (Å²) >= 11 is 0. The maximum Gasteiger partial charge on any atom is 0.179 e. The van der Waals surface area contributed by atoms with Crippen LogP contribution in [0.15, 0.2) is 35.2 Å². The number of nitrogens with zero attached hydrogens (tertiary/aromatic N) is 2. The van der Waals surface area contributed by atoms with E-state index < -0.39 is 0 Å². The van der Waals surface area contributed by atoms with Gasteiger partial charge in [0.25, 0.3) is 0 Å². The summed E-state index contributed by atoms with van der Waals surface area (Å²) in [4.78, 5) is 19.1. The molecule has 0 saturated carbocycles. The van der Waals surface area contributed by atoms with Crippen molar-refractivity contribution in [1.82, 2.24) is 9.97 Å². The fourth-order valence-corrected chi connectivity index (χ4v) is 1.08. The molecule has 0 spiro atoms. The highest BCUT2D eigenvalue weighted by molar-refractivity contribution is 5.92. The molecule has 0 N–H and O–H groups in total. The molecule has 14 heavy (non-hydrogen) atoms. The Labute approximate surface area is 80.6 Å². The van der Waals surface area contributed by atoms with Crippen LogP contribution < -0.4 is 0 Å². The molecule has 0 aliphatic heterocycles. The van der Waals surface area contributed by atoms with Crippen molar-refractivity contribution < 1.29 is 9.21 Å². The summed E-state index contributed by atoms with van der Waals surface area (Å²) in [6.07, 6.45) is 4.55. The second-order valence-corrected chi connectivity index (χ2v) is 2.82. The second-order valence-electron chi connectivity index (χ2n) is 2.82. The van der Waals surface area contributed by atoms with Gasteiger partial charge >= 0.3 is 0 Å². The smallest absolute Gasteiger partial charge is 0.179 e. The molecule has 0 amide bonds. The van der Waals surface area contributed by atoms with Gasteiger partial charge in [-0.15, -0.1) is 0 Å². The van der Waals surface area contributed by atoms with Gasteiger partial charge in [0.15, 0.2) is 11.5 Å². The Morgan fingerprint density at radius 3 is 2.93 bits per heavy atom. The maximum absolute atomic E-state index is 11.0. The van der Waals surface area contributed by atoms with Crippen molar-refractivity contribution in [2.75, 3.05) is 0 Å². The summed E-state index contributed by atoms with van der Waals surface area (Å²) in [7, 11) is 0. The molecule has 0 unspecified atom stereocenters. The van der Waals surface area contributed by atoms with E-state index in [9.17, 15) is 4.79 Å². The summed E-state index contributed by atoms with van der Waals surface area (Å²) in [6, 6.07) is 3.53. The fraction of sp³-hybridized carbons (Fsp3) is 0.100. The van der Waals surface area contributed by atoms with Crippen LogP contribution in [-0.2, 0) is 0 Å². The number of Topliss-reactive ketones (excluding diaryl/α,β-unsaturated/α-hetero) is 1. The lowest BCUT2D eigenvalue weighted by Crippen LogP contribution is -1.98. The monoisotopic (exact) mass is 188 g/mol. The van der Waals surface area contributed by atoms with Gasteiger partial charge in [0.05, 0.1) is 18.7 Å². The van der Waals surface area contributed by atoms with Crippen LogP contribution in [0.1, 0.15) is 17.4 Å². The van der Waals surface area contributed by atoms with E-state index >= 15 is 0 Å².